The standard InChI is InChI=1S/C18H25BN2O6/c22-15(8-12-2-1-7-20-12)21-9-13(10-21)26-14-4-3-11-5-6-19(25)27-17(11)16(14)18(23)24/h3-4,12-13,18,20,23-25H,1-2,5-10H2/t12-/m1/s1. The molecule has 0 spiro atoms. The first kappa shape index (κ1) is 18.6. The third kappa shape index (κ3) is 3.91. The summed E-state index contributed by atoms with van der Waals surface area (Å²) in [6.07, 6.45) is 1.75. The molecule has 0 bridgehead atoms. The van der Waals surface area contributed by atoms with Crippen LogP contribution in [0.15, 0.2) is 12.1 Å². The molecule has 0 saturated carbocycles. The molecule has 2 fully saturated rings. The number of aliphatic hydroxyl groups is 2. The molecule has 3 aliphatic rings. The lowest BCUT2D eigenvalue weighted by Crippen LogP contribution is -2.57. The van der Waals surface area contributed by atoms with Crippen LogP contribution in [0.5, 0.6) is 11.5 Å². The van der Waals surface area contributed by atoms with Gasteiger partial charge in [0.25, 0.3) is 0 Å². The minimum atomic E-state index is -1.77. The van der Waals surface area contributed by atoms with E-state index in [0.29, 0.717) is 38.0 Å². The van der Waals surface area contributed by atoms with E-state index in [-0.39, 0.29) is 29.4 Å². The fraction of sp³-hybridized carbons (Fsp3) is 0.611. The van der Waals surface area contributed by atoms with Crippen molar-refractivity contribution >= 4 is 13.0 Å². The summed E-state index contributed by atoms with van der Waals surface area (Å²) in [6, 6.07) is 3.79. The first-order valence-electron chi connectivity index (χ1n) is 9.55. The van der Waals surface area contributed by atoms with Gasteiger partial charge in [0.05, 0.1) is 18.7 Å². The summed E-state index contributed by atoms with van der Waals surface area (Å²) in [6.45, 7) is 1.94. The average molecular weight is 376 g/mol. The van der Waals surface area contributed by atoms with E-state index < -0.39 is 13.4 Å². The molecule has 0 aliphatic carbocycles. The zero-order valence-electron chi connectivity index (χ0n) is 15.1. The first-order valence-corrected chi connectivity index (χ1v) is 9.55. The molecule has 1 amide bonds. The van der Waals surface area contributed by atoms with Crippen LogP contribution in [0.3, 0.4) is 0 Å². The van der Waals surface area contributed by atoms with Gasteiger partial charge < -0.3 is 34.8 Å². The molecule has 3 heterocycles. The Kier molecular flexibility index (Phi) is 5.27. The number of amides is 1. The number of aryl methyl sites for hydroxylation is 1. The molecule has 1 aromatic rings. The lowest BCUT2D eigenvalue weighted by atomic mass is 9.78. The maximum absolute atomic E-state index is 12.3. The number of nitrogens with zero attached hydrogens (tertiary/aromatic N) is 1. The van der Waals surface area contributed by atoms with Crippen molar-refractivity contribution in [2.75, 3.05) is 19.6 Å². The van der Waals surface area contributed by atoms with Crippen LogP contribution in [0.25, 0.3) is 0 Å². The number of aliphatic hydroxyl groups excluding tert-OH is 1. The summed E-state index contributed by atoms with van der Waals surface area (Å²) in [5.74, 6) is 0.710. The number of carbonyl (C=O) groups excluding carboxylic acids is 1. The van der Waals surface area contributed by atoms with Crippen molar-refractivity contribution in [3.63, 3.8) is 0 Å². The molecule has 9 heteroatoms. The van der Waals surface area contributed by atoms with Gasteiger partial charge in [-0.3, -0.25) is 4.79 Å². The monoisotopic (exact) mass is 376 g/mol. The Bertz CT molecular complexity index is 703. The molecule has 146 valence electrons. The quantitative estimate of drug-likeness (QED) is 0.417. The molecule has 27 heavy (non-hydrogen) atoms. The van der Waals surface area contributed by atoms with Gasteiger partial charge in [0.2, 0.25) is 5.91 Å². The minimum Gasteiger partial charge on any atom is -0.535 e. The van der Waals surface area contributed by atoms with E-state index in [0.717, 1.165) is 24.9 Å². The molecule has 4 rings (SSSR count). The van der Waals surface area contributed by atoms with Gasteiger partial charge in [0, 0.05) is 12.5 Å². The SMILES string of the molecule is O=C(C[C@H]1CCCN1)N1CC(Oc2ccc3c(c2C(O)O)OB(O)CC3)C1. The molecule has 0 unspecified atom stereocenters. The topological polar surface area (TPSA) is 111 Å². The van der Waals surface area contributed by atoms with E-state index >= 15 is 0 Å². The van der Waals surface area contributed by atoms with Crippen LogP contribution in [0.4, 0.5) is 0 Å². The van der Waals surface area contributed by atoms with Crippen molar-refractivity contribution in [2.24, 2.45) is 0 Å². The summed E-state index contributed by atoms with van der Waals surface area (Å²) in [7, 11) is -0.966. The largest absolute Gasteiger partial charge is 0.535 e. The number of likely N-dealkylation sites (tertiary alicyclic amines) is 1. The van der Waals surface area contributed by atoms with Crippen molar-refractivity contribution < 1.29 is 29.4 Å². The molecule has 2 saturated heterocycles. The molecule has 8 nitrogen and oxygen atoms in total. The van der Waals surface area contributed by atoms with Crippen LogP contribution in [0.1, 0.15) is 36.7 Å². The second-order valence-electron chi connectivity index (χ2n) is 7.49. The average Bonchev–Trinajstić information content (AvgIpc) is 3.09. The number of ether oxygens (including phenoxy) is 1. The summed E-state index contributed by atoms with van der Waals surface area (Å²) < 4.78 is 11.3. The van der Waals surface area contributed by atoms with E-state index in [2.05, 4.69) is 5.32 Å². The summed E-state index contributed by atoms with van der Waals surface area (Å²) in [5, 5.41) is 32.6. The molecule has 1 aromatic carbocycles. The van der Waals surface area contributed by atoms with Crippen molar-refractivity contribution in [3.05, 3.63) is 23.3 Å². The van der Waals surface area contributed by atoms with Crippen molar-refractivity contribution in [3.8, 4) is 11.5 Å². The highest BCUT2D eigenvalue weighted by molar-refractivity contribution is 6.44. The third-order valence-electron chi connectivity index (χ3n) is 5.49. The predicted octanol–water partition coefficient (Wildman–Crippen LogP) is -0.183. The number of hydrogen-bond donors (Lipinski definition) is 4. The fourth-order valence-corrected chi connectivity index (χ4v) is 3.95. The lowest BCUT2D eigenvalue weighted by molar-refractivity contribution is -0.140. The first-order chi connectivity index (χ1) is 13.0. The van der Waals surface area contributed by atoms with Gasteiger partial charge in [-0.2, -0.15) is 0 Å². The van der Waals surface area contributed by atoms with Gasteiger partial charge in [-0.15, -0.1) is 0 Å². The van der Waals surface area contributed by atoms with Gasteiger partial charge >= 0.3 is 7.12 Å². The Morgan fingerprint density at radius 2 is 2.22 bits per heavy atom. The van der Waals surface area contributed by atoms with Gasteiger partial charge in [0.1, 0.15) is 17.6 Å². The van der Waals surface area contributed by atoms with Crippen LogP contribution < -0.4 is 14.7 Å². The van der Waals surface area contributed by atoms with E-state index in [1.807, 2.05) is 6.07 Å². The maximum atomic E-state index is 12.3. The normalized spacial score (nSPS) is 22.4. The second-order valence-corrected chi connectivity index (χ2v) is 7.49. The number of rotatable bonds is 5. The number of nitrogens with one attached hydrogen (secondary N) is 1. The fourth-order valence-electron chi connectivity index (χ4n) is 3.95. The Balaban J connectivity index is 1.39. The molecule has 0 aromatic heterocycles. The molecule has 3 aliphatic heterocycles. The van der Waals surface area contributed by atoms with E-state index in [1.54, 1.807) is 11.0 Å². The molecule has 4 N–H and O–H groups in total. The van der Waals surface area contributed by atoms with E-state index in [4.69, 9.17) is 9.39 Å². The van der Waals surface area contributed by atoms with Gasteiger partial charge in [-0.05, 0) is 43.8 Å². The van der Waals surface area contributed by atoms with Crippen LogP contribution in [-0.4, -0.2) is 64.9 Å². The zero-order valence-corrected chi connectivity index (χ0v) is 15.1. The highest BCUT2D eigenvalue weighted by Crippen LogP contribution is 2.40. The lowest BCUT2D eigenvalue weighted by Gasteiger charge is -2.40. The van der Waals surface area contributed by atoms with Crippen molar-refractivity contribution in [1.82, 2.24) is 10.2 Å². The third-order valence-corrected chi connectivity index (χ3v) is 5.49. The Morgan fingerprint density at radius 1 is 1.41 bits per heavy atom. The van der Waals surface area contributed by atoms with Crippen LogP contribution in [0.2, 0.25) is 6.32 Å². The highest BCUT2D eigenvalue weighted by Gasteiger charge is 2.35. The number of fused-ring (bicyclic) bond motifs is 1. The Morgan fingerprint density at radius 3 is 2.93 bits per heavy atom. The summed E-state index contributed by atoms with van der Waals surface area (Å²) in [5.41, 5.74) is 0.941. The van der Waals surface area contributed by atoms with Crippen molar-refractivity contribution in [1.29, 1.82) is 0 Å². The second kappa shape index (κ2) is 7.67. The molecule has 0 radical (unpaired) electrons. The summed E-state index contributed by atoms with van der Waals surface area (Å²) >= 11 is 0. The van der Waals surface area contributed by atoms with Gasteiger partial charge in [-0.1, -0.05) is 6.07 Å². The van der Waals surface area contributed by atoms with E-state index in [1.165, 1.54) is 0 Å². The molecule has 1 atom stereocenters. The van der Waals surface area contributed by atoms with Crippen LogP contribution in [-0.2, 0) is 11.2 Å². The van der Waals surface area contributed by atoms with Gasteiger partial charge in [0.15, 0.2) is 6.29 Å². The van der Waals surface area contributed by atoms with Crippen molar-refractivity contribution in [2.45, 2.75) is 50.4 Å². The predicted molar refractivity (Wildman–Crippen MR) is 97.4 cm³/mol. The molecular formula is C18H25BN2O6. The smallest absolute Gasteiger partial charge is 0.522 e. The zero-order chi connectivity index (χ0) is 19.0. The van der Waals surface area contributed by atoms with E-state index in [9.17, 15) is 20.0 Å². The number of benzene rings is 1. The number of carbonyl (C=O) groups is 1. The molecular weight excluding hydrogens is 351 g/mol. The number of hydrogen-bond acceptors (Lipinski definition) is 7. The minimum absolute atomic E-state index is 0.119. The maximum Gasteiger partial charge on any atom is 0.522 e. The van der Waals surface area contributed by atoms with Crippen LogP contribution in [0, 0.1) is 0 Å². The Hall–Kier alpha value is -1.81. The Labute approximate surface area is 158 Å². The van der Waals surface area contributed by atoms with Crippen LogP contribution >= 0.6 is 0 Å². The highest BCUT2D eigenvalue weighted by atomic mass is 16.5. The summed E-state index contributed by atoms with van der Waals surface area (Å²) in [4.78, 5) is 14.0. The van der Waals surface area contributed by atoms with Gasteiger partial charge in [-0.25, -0.2) is 0 Å².